The van der Waals surface area contributed by atoms with Gasteiger partial charge in [0.05, 0.1) is 0 Å². The molecule has 0 fully saturated rings. The van der Waals surface area contributed by atoms with Crippen molar-refractivity contribution in [3.8, 4) is 0 Å². The van der Waals surface area contributed by atoms with Gasteiger partial charge < -0.3 is 5.11 Å². The molecule has 1 atom stereocenters. The molecule has 0 aliphatic heterocycles. The molecular formula is C5H9O2. The maximum Gasteiger partial charge on any atom is 0.303 e. The highest BCUT2D eigenvalue weighted by molar-refractivity contribution is 5.66. The molecule has 0 aliphatic rings. The lowest BCUT2D eigenvalue weighted by Crippen LogP contribution is -1.99. The highest BCUT2D eigenvalue weighted by atomic mass is 16.4. The number of carboxylic acid groups (broad SMARTS) is 1. The Hall–Kier alpha value is -0.530. The molecule has 1 radical (unpaired) electrons. The number of carboxylic acids is 1. The van der Waals surface area contributed by atoms with Gasteiger partial charge in [-0.1, -0.05) is 6.92 Å². The van der Waals surface area contributed by atoms with Gasteiger partial charge in [-0.3, -0.25) is 4.79 Å². The highest BCUT2D eigenvalue weighted by Crippen LogP contribution is 1.95. The van der Waals surface area contributed by atoms with E-state index in [9.17, 15) is 4.79 Å². The first-order chi connectivity index (χ1) is 3.13. The van der Waals surface area contributed by atoms with E-state index >= 15 is 0 Å². The first kappa shape index (κ1) is 6.47. The maximum absolute atomic E-state index is 9.77. The van der Waals surface area contributed by atoms with Gasteiger partial charge in [-0.05, 0) is 12.8 Å². The van der Waals surface area contributed by atoms with E-state index in [1.165, 1.54) is 0 Å². The van der Waals surface area contributed by atoms with Crippen LogP contribution in [0.3, 0.4) is 0 Å². The van der Waals surface area contributed by atoms with Crippen molar-refractivity contribution < 1.29 is 9.90 Å². The molecule has 0 rings (SSSR count). The van der Waals surface area contributed by atoms with Crippen LogP contribution in [0.1, 0.15) is 13.3 Å². The summed E-state index contributed by atoms with van der Waals surface area (Å²) in [6.07, 6.45) is 0.167. The van der Waals surface area contributed by atoms with E-state index in [-0.39, 0.29) is 12.3 Å². The molecule has 41 valence electrons. The predicted octanol–water partition coefficient (Wildman–Crippen LogP) is 0.931. The minimum absolute atomic E-state index is 0.0255. The molecule has 0 amide bonds. The van der Waals surface area contributed by atoms with Crippen molar-refractivity contribution in [1.82, 2.24) is 0 Å². The first-order valence-electron chi connectivity index (χ1n) is 2.18. The molecular weight excluding hydrogens is 92.1 g/mol. The number of carbonyl (C=O) groups is 1. The lowest BCUT2D eigenvalue weighted by molar-refractivity contribution is -0.137. The average molecular weight is 101 g/mol. The lowest BCUT2D eigenvalue weighted by Gasteiger charge is -1.94. The summed E-state index contributed by atoms with van der Waals surface area (Å²) in [6.45, 7) is 5.27. The number of hydrogen-bond donors (Lipinski definition) is 1. The third-order valence-corrected chi connectivity index (χ3v) is 0.523. The van der Waals surface area contributed by atoms with Crippen molar-refractivity contribution in [3.63, 3.8) is 0 Å². The Morgan fingerprint density at radius 2 is 2.43 bits per heavy atom. The summed E-state index contributed by atoms with van der Waals surface area (Å²) in [5.41, 5.74) is 0. The molecule has 0 aromatic rings. The molecule has 0 saturated heterocycles. The monoisotopic (exact) mass is 101 g/mol. The van der Waals surface area contributed by atoms with Gasteiger partial charge in [-0.15, -0.1) is 0 Å². The molecule has 1 N–H and O–H groups in total. The van der Waals surface area contributed by atoms with Crippen LogP contribution in [0.2, 0.25) is 0 Å². The van der Waals surface area contributed by atoms with Crippen molar-refractivity contribution in [2.24, 2.45) is 5.92 Å². The fourth-order valence-corrected chi connectivity index (χ4v) is 0.298. The largest absolute Gasteiger partial charge is 0.481 e. The van der Waals surface area contributed by atoms with Gasteiger partial charge in [0.25, 0.3) is 0 Å². The zero-order chi connectivity index (χ0) is 5.86. The molecule has 0 aromatic heterocycles. The van der Waals surface area contributed by atoms with Crippen LogP contribution in [0.15, 0.2) is 0 Å². The van der Waals surface area contributed by atoms with Crippen molar-refractivity contribution in [2.45, 2.75) is 13.3 Å². The summed E-state index contributed by atoms with van der Waals surface area (Å²) in [7, 11) is 0. The maximum atomic E-state index is 9.77. The Morgan fingerprint density at radius 1 is 2.00 bits per heavy atom. The van der Waals surface area contributed by atoms with Crippen LogP contribution in [0.25, 0.3) is 0 Å². The Balaban J connectivity index is 3.13. The number of aliphatic carboxylic acids is 1. The van der Waals surface area contributed by atoms with E-state index in [2.05, 4.69) is 6.92 Å². The fraction of sp³-hybridized carbons (Fsp3) is 0.600. The van der Waals surface area contributed by atoms with E-state index in [0.29, 0.717) is 0 Å². The number of hydrogen-bond acceptors (Lipinski definition) is 1. The van der Waals surface area contributed by atoms with Gasteiger partial charge >= 0.3 is 5.97 Å². The number of rotatable bonds is 2. The molecule has 2 nitrogen and oxygen atoms in total. The van der Waals surface area contributed by atoms with Crippen molar-refractivity contribution in [3.05, 3.63) is 6.92 Å². The molecule has 0 bridgehead atoms. The minimum atomic E-state index is -0.775. The zero-order valence-corrected chi connectivity index (χ0v) is 4.35. The minimum Gasteiger partial charge on any atom is -0.481 e. The second-order valence-electron chi connectivity index (χ2n) is 1.70. The van der Waals surface area contributed by atoms with Crippen LogP contribution in [0.5, 0.6) is 0 Å². The summed E-state index contributed by atoms with van der Waals surface area (Å²) in [4.78, 5) is 9.77. The molecule has 2 heteroatoms. The summed E-state index contributed by atoms with van der Waals surface area (Å²) >= 11 is 0. The van der Waals surface area contributed by atoms with E-state index in [1.807, 2.05) is 0 Å². The van der Waals surface area contributed by atoms with Crippen LogP contribution < -0.4 is 0 Å². The standard InChI is InChI=1S/C5H9O2/c1-4(2)3-5(6)7/h4H,1,3H2,2H3,(H,6,7). The lowest BCUT2D eigenvalue weighted by atomic mass is 10.1. The molecule has 0 aliphatic carbocycles. The van der Waals surface area contributed by atoms with E-state index in [4.69, 9.17) is 5.11 Å². The Labute approximate surface area is 43.2 Å². The summed E-state index contributed by atoms with van der Waals surface area (Å²) < 4.78 is 0. The molecule has 1 unspecified atom stereocenters. The Kier molecular flexibility index (Phi) is 2.41. The second kappa shape index (κ2) is 2.61. The highest BCUT2D eigenvalue weighted by Gasteiger charge is 1.98. The van der Waals surface area contributed by atoms with Crippen LogP contribution in [-0.4, -0.2) is 11.1 Å². The van der Waals surface area contributed by atoms with Crippen LogP contribution >= 0.6 is 0 Å². The summed E-state index contributed by atoms with van der Waals surface area (Å²) in [6, 6.07) is 0. The Bertz CT molecular complexity index is 66.5. The molecule has 0 saturated carbocycles. The van der Waals surface area contributed by atoms with Crippen molar-refractivity contribution >= 4 is 5.97 Å². The quantitative estimate of drug-likeness (QED) is 0.561. The average Bonchev–Trinajstić information content (AvgIpc) is 1.27. The smallest absolute Gasteiger partial charge is 0.303 e. The van der Waals surface area contributed by atoms with Gasteiger partial charge in [0.1, 0.15) is 0 Å². The summed E-state index contributed by atoms with van der Waals surface area (Å²) in [5, 5.41) is 8.04. The SMILES string of the molecule is [CH2]C(C)CC(=O)O. The zero-order valence-electron chi connectivity index (χ0n) is 4.35. The summed E-state index contributed by atoms with van der Waals surface area (Å²) in [5.74, 6) is -0.750. The van der Waals surface area contributed by atoms with E-state index < -0.39 is 5.97 Å². The van der Waals surface area contributed by atoms with Crippen LogP contribution in [0, 0.1) is 12.8 Å². The molecule has 0 heterocycles. The van der Waals surface area contributed by atoms with Gasteiger partial charge in [0, 0.05) is 6.42 Å². The fourth-order valence-electron chi connectivity index (χ4n) is 0.298. The van der Waals surface area contributed by atoms with Gasteiger partial charge in [-0.25, -0.2) is 0 Å². The van der Waals surface area contributed by atoms with Gasteiger partial charge in [-0.2, -0.15) is 0 Å². The van der Waals surface area contributed by atoms with Gasteiger partial charge in [0.2, 0.25) is 0 Å². The van der Waals surface area contributed by atoms with Crippen molar-refractivity contribution in [2.75, 3.05) is 0 Å². The first-order valence-corrected chi connectivity index (χ1v) is 2.18. The predicted molar refractivity (Wildman–Crippen MR) is 26.8 cm³/mol. The second-order valence-corrected chi connectivity index (χ2v) is 1.70. The molecule has 0 spiro atoms. The third-order valence-electron chi connectivity index (χ3n) is 0.523. The topological polar surface area (TPSA) is 37.3 Å². The third kappa shape index (κ3) is 5.47. The van der Waals surface area contributed by atoms with E-state index in [0.717, 1.165) is 0 Å². The van der Waals surface area contributed by atoms with Crippen LogP contribution in [-0.2, 0) is 4.79 Å². The van der Waals surface area contributed by atoms with E-state index in [1.54, 1.807) is 6.92 Å². The normalized spacial score (nSPS) is 9.57. The Morgan fingerprint density at radius 3 is 2.43 bits per heavy atom. The van der Waals surface area contributed by atoms with Gasteiger partial charge in [0.15, 0.2) is 0 Å². The molecule has 0 aromatic carbocycles. The van der Waals surface area contributed by atoms with Crippen molar-refractivity contribution in [1.29, 1.82) is 0 Å². The van der Waals surface area contributed by atoms with Crippen LogP contribution in [0.4, 0.5) is 0 Å². The molecule has 7 heavy (non-hydrogen) atoms.